The molecule has 1 amide bonds. The van der Waals surface area contributed by atoms with E-state index in [0.717, 1.165) is 12.1 Å². The number of aryl methyl sites for hydroxylation is 1. The monoisotopic (exact) mass is 302 g/mol. The van der Waals surface area contributed by atoms with Crippen molar-refractivity contribution in [1.29, 1.82) is 0 Å². The van der Waals surface area contributed by atoms with E-state index in [2.05, 4.69) is 20.8 Å². The predicted octanol–water partition coefficient (Wildman–Crippen LogP) is 1.36. The number of hydrogen-bond donors (Lipinski definition) is 2. The van der Waals surface area contributed by atoms with E-state index in [1.165, 1.54) is 0 Å². The fourth-order valence-corrected chi connectivity index (χ4v) is 2.34. The maximum Gasteiger partial charge on any atom is 0.226 e. The molecule has 2 aromatic rings. The van der Waals surface area contributed by atoms with Crippen LogP contribution in [-0.4, -0.2) is 41.8 Å². The lowest BCUT2D eigenvalue weighted by atomic mass is 10.1. The van der Waals surface area contributed by atoms with E-state index >= 15 is 0 Å². The van der Waals surface area contributed by atoms with E-state index in [0.29, 0.717) is 37.0 Å². The number of carbonyl (C=O) groups is 1. The lowest BCUT2D eigenvalue weighted by Crippen LogP contribution is -2.43. The standard InChI is InChI=1S/C15H18N4O3/c1-10-17-15(19-22-10)11-3-2-4-12(7-11)18-14(20)8-13-9-21-6-5-16-13/h2-4,7,13,16H,5-6,8-9H2,1H3,(H,18,20). The Balaban J connectivity index is 1.63. The molecule has 2 N–H and O–H groups in total. The number of nitrogens with zero attached hydrogens (tertiary/aromatic N) is 2. The van der Waals surface area contributed by atoms with Gasteiger partial charge in [-0.05, 0) is 12.1 Å². The zero-order valence-corrected chi connectivity index (χ0v) is 12.3. The summed E-state index contributed by atoms with van der Waals surface area (Å²) in [6.45, 7) is 3.78. The molecule has 7 heteroatoms. The molecule has 1 saturated heterocycles. The first-order valence-corrected chi connectivity index (χ1v) is 7.22. The topological polar surface area (TPSA) is 89.3 Å². The van der Waals surface area contributed by atoms with Gasteiger partial charge < -0.3 is 19.9 Å². The van der Waals surface area contributed by atoms with Crippen LogP contribution in [0.1, 0.15) is 12.3 Å². The lowest BCUT2D eigenvalue weighted by Gasteiger charge is -2.23. The Morgan fingerprint density at radius 1 is 1.50 bits per heavy atom. The Bertz CT molecular complexity index is 650. The first-order valence-electron chi connectivity index (χ1n) is 7.22. The van der Waals surface area contributed by atoms with Gasteiger partial charge in [0.2, 0.25) is 17.6 Å². The summed E-state index contributed by atoms with van der Waals surface area (Å²) in [6.07, 6.45) is 0.381. The van der Waals surface area contributed by atoms with Gasteiger partial charge >= 0.3 is 0 Å². The quantitative estimate of drug-likeness (QED) is 0.886. The van der Waals surface area contributed by atoms with Gasteiger partial charge in [-0.25, -0.2) is 0 Å². The average molecular weight is 302 g/mol. The Morgan fingerprint density at radius 3 is 3.14 bits per heavy atom. The van der Waals surface area contributed by atoms with Crippen molar-refractivity contribution in [2.75, 3.05) is 25.1 Å². The number of amides is 1. The summed E-state index contributed by atoms with van der Waals surface area (Å²) in [4.78, 5) is 16.3. The second-order valence-electron chi connectivity index (χ2n) is 5.20. The van der Waals surface area contributed by atoms with E-state index in [1.54, 1.807) is 6.92 Å². The van der Waals surface area contributed by atoms with E-state index in [9.17, 15) is 4.79 Å². The van der Waals surface area contributed by atoms with Crippen LogP contribution in [0.3, 0.4) is 0 Å². The third-order valence-corrected chi connectivity index (χ3v) is 3.36. The fourth-order valence-electron chi connectivity index (χ4n) is 2.34. The summed E-state index contributed by atoms with van der Waals surface area (Å²) in [7, 11) is 0. The van der Waals surface area contributed by atoms with Crippen LogP contribution in [0.2, 0.25) is 0 Å². The number of nitrogens with one attached hydrogen (secondary N) is 2. The number of rotatable bonds is 4. The van der Waals surface area contributed by atoms with Crippen LogP contribution in [0.4, 0.5) is 5.69 Å². The molecule has 1 aliphatic rings. The SMILES string of the molecule is Cc1nc(-c2cccc(NC(=O)CC3COCCN3)c2)no1. The van der Waals surface area contributed by atoms with Crippen LogP contribution in [-0.2, 0) is 9.53 Å². The van der Waals surface area contributed by atoms with Gasteiger partial charge in [-0.1, -0.05) is 17.3 Å². The maximum absolute atomic E-state index is 12.1. The number of carbonyl (C=O) groups excluding carboxylic acids is 1. The Hall–Kier alpha value is -2.25. The van der Waals surface area contributed by atoms with Crippen molar-refractivity contribution in [1.82, 2.24) is 15.5 Å². The second-order valence-corrected chi connectivity index (χ2v) is 5.20. The molecule has 0 radical (unpaired) electrons. The summed E-state index contributed by atoms with van der Waals surface area (Å²) < 4.78 is 10.3. The zero-order chi connectivity index (χ0) is 15.4. The molecule has 3 rings (SSSR count). The third kappa shape index (κ3) is 3.69. The summed E-state index contributed by atoms with van der Waals surface area (Å²) in [5.74, 6) is 0.966. The molecule has 1 aromatic carbocycles. The number of hydrogen-bond acceptors (Lipinski definition) is 6. The molecule has 1 fully saturated rings. The van der Waals surface area contributed by atoms with Crippen LogP contribution < -0.4 is 10.6 Å². The molecule has 0 bridgehead atoms. The molecule has 1 atom stereocenters. The van der Waals surface area contributed by atoms with Crippen molar-refractivity contribution in [3.05, 3.63) is 30.2 Å². The molecular weight excluding hydrogens is 284 g/mol. The normalized spacial score (nSPS) is 18.1. The number of aromatic nitrogens is 2. The maximum atomic E-state index is 12.1. The van der Waals surface area contributed by atoms with Gasteiger partial charge in [0.05, 0.1) is 13.2 Å². The van der Waals surface area contributed by atoms with Gasteiger partial charge in [-0.3, -0.25) is 4.79 Å². The van der Waals surface area contributed by atoms with E-state index in [-0.39, 0.29) is 11.9 Å². The Morgan fingerprint density at radius 2 is 2.41 bits per heavy atom. The molecule has 2 heterocycles. The van der Waals surface area contributed by atoms with Crippen molar-refractivity contribution < 1.29 is 14.1 Å². The van der Waals surface area contributed by atoms with Gasteiger partial charge in [-0.2, -0.15) is 4.98 Å². The highest BCUT2D eigenvalue weighted by Crippen LogP contribution is 2.20. The van der Waals surface area contributed by atoms with Crippen LogP contribution in [0.15, 0.2) is 28.8 Å². The number of anilines is 1. The van der Waals surface area contributed by atoms with Crippen molar-refractivity contribution in [2.24, 2.45) is 0 Å². The average Bonchev–Trinajstić information content (AvgIpc) is 2.95. The molecule has 0 aliphatic carbocycles. The molecule has 1 aliphatic heterocycles. The molecule has 7 nitrogen and oxygen atoms in total. The summed E-state index contributed by atoms with van der Waals surface area (Å²) in [5, 5.41) is 10.0. The van der Waals surface area contributed by atoms with Crippen LogP contribution in [0, 0.1) is 6.92 Å². The lowest BCUT2D eigenvalue weighted by molar-refractivity contribution is -0.117. The first kappa shape index (κ1) is 14.7. The highest BCUT2D eigenvalue weighted by Gasteiger charge is 2.17. The third-order valence-electron chi connectivity index (χ3n) is 3.36. The van der Waals surface area contributed by atoms with Gasteiger partial charge in [0.15, 0.2) is 0 Å². The minimum absolute atomic E-state index is 0.0514. The van der Waals surface area contributed by atoms with E-state index in [4.69, 9.17) is 9.26 Å². The van der Waals surface area contributed by atoms with Crippen LogP contribution >= 0.6 is 0 Å². The smallest absolute Gasteiger partial charge is 0.226 e. The van der Waals surface area contributed by atoms with Crippen molar-refractivity contribution >= 4 is 11.6 Å². The Labute approximate surface area is 128 Å². The van der Waals surface area contributed by atoms with Gasteiger partial charge in [-0.15, -0.1) is 0 Å². The number of ether oxygens (including phenoxy) is 1. The minimum Gasteiger partial charge on any atom is -0.378 e. The number of morpholine rings is 1. The summed E-state index contributed by atoms with van der Waals surface area (Å²) in [6, 6.07) is 7.44. The van der Waals surface area contributed by atoms with Gasteiger partial charge in [0.25, 0.3) is 0 Å². The van der Waals surface area contributed by atoms with E-state index < -0.39 is 0 Å². The van der Waals surface area contributed by atoms with Gasteiger partial charge in [0.1, 0.15) is 0 Å². The zero-order valence-electron chi connectivity index (χ0n) is 12.3. The Kier molecular flexibility index (Phi) is 4.45. The summed E-state index contributed by atoms with van der Waals surface area (Å²) in [5.41, 5.74) is 1.51. The minimum atomic E-state index is -0.0514. The van der Waals surface area contributed by atoms with E-state index in [1.807, 2.05) is 24.3 Å². The van der Waals surface area contributed by atoms with Crippen molar-refractivity contribution in [3.63, 3.8) is 0 Å². The number of benzene rings is 1. The van der Waals surface area contributed by atoms with Crippen LogP contribution in [0.5, 0.6) is 0 Å². The van der Waals surface area contributed by atoms with Crippen LogP contribution in [0.25, 0.3) is 11.4 Å². The molecule has 0 saturated carbocycles. The largest absolute Gasteiger partial charge is 0.378 e. The van der Waals surface area contributed by atoms with Crippen molar-refractivity contribution in [3.8, 4) is 11.4 Å². The van der Waals surface area contributed by atoms with Crippen molar-refractivity contribution in [2.45, 2.75) is 19.4 Å². The molecule has 1 unspecified atom stereocenters. The first-order chi connectivity index (χ1) is 10.7. The highest BCUT2D eigenvalue weighted by atomic mass is 16.5. The molecular formula is C15H18N4O3. The fraction of sp³-hybridized carbons (Fsp3) is 0.400. The molecule has 0 spiro atoms. The summed E-state index contributed by atoms with van der Waals surface area (Å²) >= 11 is 0. The predicted molar refractivity (Wildman–Crippen MR) is 80.3 cm³/mol. The molecule has 1 aromatic heterocycles. The molecule has 22 heavy (non-hydrogen) atoms. The highest BCUT2D eigenvalue weighted by molar-refractivity contribution is 5.91. The van der Waals surface area contributed by atoms with Gasteiger partial charge in [0, 0.05) is 37.2 Å². The molecule has 116 valence electrons. The second kappa shape index (κ2) is 6.67.